The fourth-order valence-electron chi connectivity index (χ4n) is 3.18. The van der Waals surface area contributed by atoms with Crippen LogP contribution in [0.4, 0.5) is 0 Å². The van der Waals surface area contributed by atoms with E-state index in [0.29, 0.717) is 31.9 Å². The fraction of sp³-hybridized carbons (Fsp3) is 0.333. The smallest absolute Gasteiger partial charge is 0.257 e. The van der Waals surface area contributed by atoms with Crippen LogP contribution >= 0.6 is 0 Å². The van der Waals surface area contributed by atoms with Crippen molar-refractivity contribution in [2.75, 3.05) is 13.2 Å². The zero-order chi connectivity index (χ0) is 17.9. The number of carbonyl (C=O) groups excluding carboxylic acids is 1. The highest BCUT2D eigenvalue weighted by Crippen LogP contribution is 2.23. The second-order valence-corrected chi connectivity index (χ2v) is 6.41. The van der Waals surface area contributed by atoms with E-state index in [0.717, 1.165) is 11.3 Å². The number of hydrogen-bond acceptors (Lipinski definition) is 5. The number of amides is 1. The molecule has 3 aromatic rings. The highest BCUT2D eigenvalue weighted by atomic mass is 16.5. The average molecular weight is 352 g/mol. The maximum absolute atomic E-state index is 12.8. The zero-order valence-electron chi connectivity index (χ0n) is 14.5. The number of carbonyl (C=O) groups is 1. The molecule has 1 unspecified atom stereocenters. The van der Waals surface area contributed by atoms with Crippen molar-refractivity contribution in [3.8, 4) is 0 Å². The summed E-state index contributed by atoms with van der Waals surface area (Å²) in [5.41, 5.74) is 2.67. The van der Waals surface area contributed by atoms with Crippen LogP contribution in [-0.4, -0.2) is 48.3 Å². The van der Waals surface area contributed by atoms with Gasteiger partial charge in [0.1, 0.15) is 0 Å². The topological polar surface area (TPSA) is 78.1 Å². The first-order chi connectivity index (χ1) is 12.7. The Morgan fingerprint density at radius 2 is 2.12 bits per heavy atom. The summed E-state index contributed by atoms with van der Waals surface area (Å²) < 4.78 is 9.62. The molecule has 3 aromatic heterocycles. The third kappa shape index (κ3) is 3.36. The van der Waals surface area contributed by atoms with Crippen LogP contribution in [-0.2, 0) is 24.9 Å². The Kier molecular flexibility index (Phi) is 4.49. The van der Waals surface area contributed by atoms with Crippen LogP contribution in [0.2, 0.25) is 0 Å². The molecule has 0 aliphatic carbocycles. The molecule has 0 spiro atoms. The van der Waals surface area contributed by atoms with Gasteiger partial charge in [0, 0.05) is 38.4 Å². The minimum Gasteiger partial charge on any atom is -0.375 e. The third-order valence-corrected chi connectivity index (χ3v) is 4.49. The zero-order valence-corrected chi connectivity index (χ0v) is 14.5. The van der Waals surface area contributed by atoms with Gasteiger partial charge >= 0.3 is 0 Å². The lowest BCUT2D eigenvalue weighted by atomic mass is 10.1. The van der Waals surface area contributed by atoms with E-state index in [4.69, 9.17) is 4.74 Å². The molecule has 134 valence electrons. The van der Waals surface area contributed by atoms with Gasteiger partial charge < -0.3 is 14.2 Å². The minimum absolute atomic E-state index is 0.0234. The molecule has 0 saturated heterocycles. The van der Waals surface area contributed by atoms with E-state index in [1.807, 2.05) is 23.4 Å². The molecule has 1 aliphatic rings. The normalized spacial score (nSPS) is 16.5. The van der Waals surface area contributed by atoms with Crippen LogP contribution in [0.25, 0.3) is 0 Å². The van der Waals surface area contributed by atoms with E-state index in [1.165, 1.54) is 0 Å². The summed E-state index contributed by atoms with van der Waals surface area (Å²) in [6.45, 7) is 2.13. The number of aryl methyl sites for hydroxylation is 1. The number of ether oxygens (including phenoxy) is 1. The number of rotatable bonds is 5. The molecule has 26 heavy (non-hydrogen) atoms. The summed E-state index contributed by atoms with van der Waals surface area (Å²) >= 11 is 0. The van der Waals surface area contributed by atoms with Gasteiger partial charge in [-0.05, 0) is 17.7 Å². The maximum Gasteiger partial charge on any atom is 0.257 e. The van der Waals surface area contributed by atoms with Crippen LogP contribution in [0.3, 0.4) is 0 Å². The quantitative estimate of drug-likeness (QED) is 0.694. The molecule has 8 nitrogen and oxygen atoms in total. The first-order valence-electron chi connectivity index (χ1n) is 8.46. The highest BCUT2D eigenvalue weighted by molar-refractivity contribution is 5.93. The molecule has 0 saturated carbocycles. The molecule has 0 radical (unpaired) electrons. The lowest BCUT2D eigenvalue weighted by molar-refractivity contribution is 0.0480. The number of nitrogens with zero attached hydrogens (tertiary/aromatic N) is 6. The molecule has 0 bridgehead atoms. The van der Waals surface area contributed by atoms with Gasteiger partial charge in [0.25, 0.3) is 5.91 Å². The van der Waals surface area contributed by atoms with Gasteiger partial charge in [0.15, 0.2) is 0 Å². The average Bonchev–Trinajstić information content (AvgIpc) is 3.30. The second-order valence-electron chi connectivity index (χ2n) is 6.41. The van der Waals surface area contributed by atoms with E-state index in [1.54, 1.807) is 42.7 Å². The third-order valence-electron chi connectivity index (χ3n) is 4.49. The van der Waals surface area contributed by atoms with Crippen LogP contribution in [0, 0.1) is 0 Å². The summed E-state index contributed by atoms with van der Waals surface area (Å²) in [6, 6.07) is 3.90. The molecule has 0 fully saturated rings. The van der Waals surface area contributed by atoms with Crippen molar-refractivity contribution in [2.45, 2.75) is 19.2 Å². The lowest BCUT2D eigenvalue weighted by Crippen LogP contribution is -2.42. The molecular formula is C18H20N6O2. The lowest BCUT2D eigenvalue weighted by Gasteiger charge is -2.34. The van der Waals surface area contributed by atoms with Crippen molar-refractivity contribution in [3.05, 3.63) is 66.3 Å². The molecule has 1 amide bonds. The van der Waals surface area contributed by atoms with Crippen molar-refractivity contribution in [1.82, 2.24) is 29.2 Å². The van der Waals surface area contributed by atoms with Crippen molar-refractivity contribution >= 4 is 5.91 Å². The van der Waals surface area contributed by atoms with Gasteiger partial charge in [-0.25, -0.2) is 4.98 Å². The Labute approximate surface area is 151 Å². The molecule has 1 aliphatic heterocycles. The summed E-state index contributed by atoms with van der Waals surface area (Å²) in [6.07, 6.45) is 10.5. The van der Waals surface area contributed by atoms with Crippen molar-refractivity contribution < 1.29 is 9.53 Å². The molecule has 0 aromatic carbocycles. The Balaban J connectivity index is 1.45. The van der Waals surface area contributed by atoms with Crippen molar-refractivity contribution in [3.63, 3.8) is 0 Å². The Bertz CT molecular complexity index is 888. The van der Waals surface area contributed by atoms with E-state index in [9.17, 15) is 4.79 Å². The second kappa shape index (κ2) is 7.09. The highest BCUT2D eigenvalue weighted by Gasteiger charge is 2.29. The monoisotopic (exact) mass is 352 g/mol. The number of hydrogen-bond donors (Lipinski definition) is 0. The van der Waals surface area contributed by atoms with Gasteiger partial charge in [-0.2, -0.15) is 5.10 Å². The van der Waals surface area contributed by atoms with E-state index in [2.05, 4.69) is 19.6 Å². The van der Waals surface area contributed by atoms with Crippen LogP contribution in [0.5, 0.6) is 0 Å². The largest absolute Gasteiger partial charge is 0.375 e. The minimum atomic E-state index is -0.0234. The van der Waals surface area contributed by atoms with E-state index in [-0.39, 0.29) is 11.9 Å². The first kappa shape index (κ1) is 16.5. The van der Waals surface area contributed by atoms with Crippen molar-refractivity contribution in [1.29, 1.82) is 0 Å². The molecule has 0 N–H and O–H groups in total. The molecular weight excluding hydrogens is 332 g/mol. The molecule has 4 heterocycles. The van der Waals surface area contributed by atoms with Crippen LogP contribution in [0.15, 0.2) is 49.4 Å². The molecule has 8 heteroatoms. The van der Waals surface area contributed by atoms with Gasteiger partial charge in [-0.3, -0.25) is 14.5 Å². The SMILES string of the molecule is Cn1cc(C(=O)N2Cc3cncn3C(COCc3ccncc3)C2)cn1. The summed E-state index contributed by atoms with van der Waals surface area (Å²) in [4.78, 5) is 22.9. The maximum atomic E-state index is 12.8. The Hall–Kier alpha value is -3.00. The molecule has 4 rings (SSSR count). The Morgan fingerprint density at radius 3 is 2.88 bits per heavy atom. The fourth-order valence-corrected chi connectivity index (χ4v) is 3.18. The predicted octanol–water partition coefficient (Wildman–Crippen LogP) is 1.43. The van der Waals surface area contributed by atoms with Crippen LogP contribution < -0.4 is 0 Å². The summed E-state index contributed by atoms with van der Waals surface area (Å²) in [5.74, 6) is -0.0234. The number of aromatic nitrogens is 5. The van der Waals surface area contributed by atoms with Crippen molar-refractivity contribution in [2.24, 2.45) is 7.05 Å². The Morgan fingerprint density at radius 1 is 1.27 bits per heavy atom. The first-order valence-corrected chi connectivity index (χ1v) is 8.46. The van der Waals surface area contributed by atoms with Gasteiger partial charge in [-0.15, -0.1) is 0 Å². The number of pyridine rings is 1. The van der Waals surface area contributed by atoms with Gasteiger partial charge in [0.2, 0.25) is 0 Å². The van der Waals surface area contributed by atoms with E-state index >= 15 is 0 Å². The van der Waals surface area contributed by atoms with E-state index < -0.39 is 0 Å². The van der Waals surface area contributed by atoms with Gasteiger partial charge in [0.05, 0.1) is 49.6 Å². The standard InChI is InChI=1S/C18H20N6O2/c1-22-8-15(6-21-22)18(25)23-9-16-7-20-13-24(16)17(10-23)12-26-11-14-2-4-19-5-3-14/h2-8,13,17H,9-12H2,1H3. The predicted molar refractivity (Wildman–Crippen MR) is 93.1 cm³/mol. The van der Waals surface area contributed by atoms with Crippen LogP contribution in [0.1, 0.15) is 27.7 Å². The van der Waals surface area contributed by atoms with Gasteiger partial charge in [-0.1, -0.05) is 0 Å². The molecule has 1 atom stereocenters. The number of fused-ring (bicyclic) bond motifs is 1. The number of imidazole rings is 1. The summed E-state index contributed by atoms with van der Waals surface area (Å²) in [5, 5.41) is 4.09. The summed E-state index contributed by atoms with van der Waals surface area (Å²) in [7, 11) is 1.80.